The Morgan fingerprint density at radius 3 is 2.57 bits per heavy atom. The third-order valence-corrected chi connectivity index (χ3v) is 7.44. The quantitative estimate of drug-likeness (QED) is 0.318. The predicted molar refractivity (Wildman–Crippen MR) is 147 cm³/mol. The Hall–Kier alpha value is -3.39. The van der Waals surface area contributed by atoms with Gasteiger partial charge in [0, 0.05) is 37.0 Å². The monoisotopic (exact) mass is 503 g/mol. The zero-order valence-electron chi connectivity index (χ0n) is 22.3. The van der Waals surface area contributed by atoms with Crippen LogP contribution in [-0.2, 0) is 7.05 Å². The number of nitrogens with zero attached hydrogens (tertiary/aromatic N) is 4. The summed E-state index contributed by atoms with van der Waals surface area (Å²) in [5.41, 5.74) is 4.38. The third-order valence-electron chi connectivity index (χ3n) is 7.44. The van der Waals surface area contributed by atoms with Crippen molar-refractivity contribution in [2.75, 3.05) is 32.8 Å². The summed E-state index contributed by atoms with van der Waals surface area (Å²) in [6, 6.07) is 7.89. The Morgan fingerprint density at radius 2 is 1.84 bits per heavy atom. The van der Waals surface area contributed by atoms with Crippen molar-refractivity contribution in [1.29, 1.82) is 0 Å². The van der Waals surface area contributed by atoms with Crippen LogP contribution in [0.3, 0.4) is 0 Å². The van der Waals surface area contributed by atoms with Crippen LogP contribution < -0.4 is 15.2 Å². The first-order valence-electron chi connectivity index (χ1n) is 13.3. The minimum atomic E-state index is -0.177. The van der Waals surface area contributed by atoms with Crippen LogP contribution in [0.25, 0.3) is 33.1 Å². The number of rotatable bonds is 9. The van der Waals surface area contributed by atoms with Gasteiger partial charge in [-0.15, -0.1) is 0 Å². The fourth-order valence-electron chi connectivity index (χ4n) is 4.98. The summed E-state index contributed by atoms with van der Waals surface area (Å²) in [5.74, 6) is 1.33. The van der Waals surface area contributed by atoms with Gasteiger partial charge in [-0.05, 0) is 62.4 Å². The van der Waals surface area contributed by atoms with Gasteiger partial charge in [0.15, 0.2) is 0 Å². The van der Waals surface area contributed by atoms with E-state index < -0.39 is 0 Å². The molecule has 1 fully saturated rings. The topological polar surface area (TPSA) is 85.3 Å². The van der Waals surface area contributed by atoms with Crippen molar-refractivity contribution >= 4 is 21.9 Å². The second-order valence-corrected chi connectivity index (χ2v) is 10.8. The van der Waals surface area contributed by atoms with Gasteiger partial charge >= 0.3 is 5.69 Å². The van der Waals surface area contributed by atoms with Gasteiger partial charge in [0.25, 0.3) is 0 Å². The minimum absolute atomic E-state index is 0.177. The van der Waals surface area contributed by atoms with E-state index in [0.29, 0.717) is 30.3 Å². The molecule has 0 aliphatic carbocycles. The highest BCUT2D eigenvalue weighted by Crippen LogP contribution is 2.39. The fourth-order valence-corrected chi connectivity index (χ4v) is 4.98. The molecule has 0 unspecified atom stereocenters. The summed E-state index contributed by atoms with van der Waals surface area (Å²) in [7, 11) is 1.74. The molecule has 8 heteroatoms. The highest BCUT2D eigenvalue weighted by molar-refractivity contribution is 6.08. The van der Waals surface area contributed by atoms with E-state index in [-0.39, 0.29) is 5.69 Å². The van der Waals surface area contributed by atoms with Crippen molar-refractivity contribution in [2.24, 2.45) is 12.5 Å². The lowest BCUT2D eigenvalue weighted by Gasteiger charge is -2.36. The van der Waals surface area contributed by atoms with Crippen LogP contribution in [0.4, 0.5) is 0 Å². The first-order valence-corrected chi connectivity index (χ1v) is 13.3. The van der Waals surface area contributed by atoms with Gasteiger partial charge in [-0.2, -0.15) is 0 Å². The van der Waals surface area contributed by atoms with Crippen molar-refractivity contribution in [3.63, 3.8) is 0 Å². The molecule has 1 aliphatic rings. The number of aromatic amines is 1. The average Bonchev–Trinajstić information content (AvgIpc) is 3.19. The SMILES string of the molecule is CCCOc1c(-c2ccc(OCCCN3CCC(C)(C)CC3)nc2)ccc2ncc3c([nH]c(=O)n3C)c12. The van der Waals surface area contributed by atoms with Gasteiger partial charge in [0.2, 0.25) is 5.88 Å². The summed E-state index contributed by atoms with van der Waals surface area (Å²) in [5, 5.41) is 0.808. The molecule has 5 rings (SSSR count). The highest BCUT2D eigenvalue weighted by Gasteiger charge is 2.24. The molecule has 0 radical (unpaired) electrons. The largest absolute Gasteiger partial charge is 0.492 e. The molecule has 1 aromatic carbocycles. The normalized spacial score (nSPS) is 15.9. The van der Waals surface area contributed by atoms with Gasteiger partial charge in [-0.25, -0.2) is 9.78 Å². The number of aromatic nitrogens is 4. The van der Waals surface area contributed by atoms with Gasteiger partial charge in [0.05, 0.1) is 41.3 Å². The van der Waals surface area contributed by atoms with E-state index in [1.807, 2.05) is 30.5 Å². The molecular weight excluding hydrogens is 466 g/mol. The number of hydrogen-bond acceptors (Lipinski definition) is 6. The van der Waals surface area contributed by atoms with Gasteiger partial charge < -0.3 is 19.4 Å². The number of hydrogen-bond donors (Lipinski definition) is 1. The second-order valence-electron chi connectivity index (χ2n) is 10.8. The minimum Gasteiger partial charge on any atom is -0.492 e. The molecule has 0 atom stereocenters. The maximum atomic E-state index is 12.3. The summed E-state index contributed by atoms with van der Waals surface area (Å²) in [6.07, 6.45) is 7.92. The van der Waals surface area contributed by atoms with Crippen LogP contribution in [0.1, 0.15) is 46.5 Å². The fraction of sp³-hybridized carbons (Fsp3) is 0.483. The number of H-pyrrole nitrogens is 1. The first-order chi connectivity index (χ1) is 17.9. The molecule has 37 heavy (non-hydrogen) atoms. The third kappa shape index (κ3) is 5.34. The molecule has 1 N–H and O–H groups in total. The van der Waals surface area contributed by atoms with Crippen LogP contribution in [-0.4, -0.2) is 57.3 Å². The maximum absolute atomic E-state index is 12.3. The predicted octanol–water partition coefficient (Wildman–Crippen LogP) is 5.16. The van der Waals surface area contributed by atoms with Crippen molar-refractivity contribution < 1.29 is 9.47 Å². The number of aryl methyl sites for hydroxylation is 1. The number of likely N-dealkylation sites (tertiary alicyclic amines) is 1. The Kier molecular flexibility index (Phi) is 7.20. The van der Waals surface area contributed by atoms with Gasteiger partial charge in [-0.3, -0.25) is 9.55 Å². The number of fused-ring (bicyclic) bond motifs is 3. The number of ether oxygens (including phenoxy) is 2. The number of pyridine rings is 2. The summed E-state index contributed by atoms with van der Waals surface area (Å²) < 4.78 is 13.8. The zero-order chi connectivity index (χ0) is 26.0. The summed E-state index contributed by atoms with van der Waals surface area (Å²) >= 11 is 0. The second kappa shape index (κ2) is 10.5. The molecular formula is C29H37N5O3. The van der Waals surface area contributed by atoms with E-state index >= 15 is 0 Å². The van der Waals surface area contributed by atoms with E-state index in [1.54, 1.807) is 17.8 Å². The van der Waals surface area contributed by atoms with Gasteiger partial charge in [0.1, 0.15) is 5.75 Å². The van der Waals surface area contributed by atoms with E-state index in [4.69, 9.17) is 9.47 Å². The number of nitrogens with one attached hydrogen (secondary N) is 1. The van der Waals surface area contributed by atoms with E-state index in [9.17, 15) is 4.79 Å². The first kappa shape index (κ1) is 25.3. The smallest absolute Gasteiger partial charge is 0.326 e. The van der Waals surface area contributed by atoms with Gasteiger partial charge in [-0.1, -0.05) is 20.8 Å². The van der Waals surface area contributed by atoms with Crippen LogP contribution in [0.2, 0.25) is 0 Å². The van der Waals surface area contributed by atoms with E-state index in [2.05, 4.69) is 40.6 Å². The molecule has 0 spiro atoms. The van der Waals surface area contributed by atoms with Crippen molar-refractivity contribution in [3.05, 3.63) is 47.1 Å². The van der Waals surface area contributed by atoms with E-state index in [1.165, 1.54) is 25.9 Å². The Morgan fingerprint density at radius 1 is 1.03 bits per heavy atom. The molecule has 0 bridgehead atoms. The maximum Gasteiger partial charge on any atom is 0.326 e. The lowest BCUT2D eigenvalue weighted by molar-refractivity contribution is 0.125. The molecule has 4 heterocycles. The Labute approximate surface area is 217 Å². The van der Waals surface area contributed by atoms with Crippen molar-refractivity contribution in [1.82, 2.24) is 24.4 Å². The molecule has 0 amide bonds. The zero-order valence-corrected chi connectivity index (χ0v) is 22.3. The summed E-state index contributed by atoms with van der Waals surface area (Å²) in [4.78, 5) is 27.0. The Bertz CT molecular complexity index is 1430. The standard InChI is InChI=1S/C29H37N5O3/c1-5-16-37-27-21(8-9-22-25(27)26-23(19-30-22)33(4)28(35)32-26)20-7-10-24(31-18-20)36-17-6-13-34-14-11-29(2,3)12-15-34/h7-10,18-19H,5-6,11-17H2,1-4H3,(H,32,35). The lowest BCUT2D eigenvalue weighted by atomic mass is 9.83. The van der Waals surface area contributed by atoms with Crippen LogP contribution in [0, 0.1) is 5.41 Å². The number of benzene rings is 1. The molecule has 0 saturated carbocycles. The number of piperidine rings is 1. The van der Waals surface area contributed by atoms with Crippen LogP contribution in [0.5, 0.6) is 11.6 Å². The molecule has 4 aromatic rings. The van der Waals surface area contributed by atoms with Crippen LogP contribution in [0.15, 0.2) is 41.5 Å². The molecule has 8 nitrogen and oxygen atoms in total. The van der Waals surface area contributed by atoms with Crippen LogP contribution >= 0.6 is 0 Å². The molecule has 1 saturated heterocycles. The number of imidazole rings is 1. The van der Waals surface area contributed by atoms with Crippen molar-refractivity contribution in [3.8, 4) is 22.8 Å². The highest BCUT2D eigenvalue weighted by atomic mass is 16.5. The Balaban J connectivity index is 1.33. The molecule has 196 valence electrons. The van der Waals surface area contributed by atoms with Crippen molar-refractivity contribution in [2.45, 2.75) is 46.5 Å². The summed E-state index contributed by atoms with van der Waals surface area (Å²) in [6.45, 7) is 11.4. The van der Waals surface area contributed by atoms with E-state index in [0.717, 1.165) is 52.4 Å². The average molecular weight is 504 g/mol. The molecule has 1 aliphatic heterocycles. The molecule has 3 aromatic heterocycles. The lowest BCUT2D eigenvalue weighted by Crippen LogP contribution is -2.38.